The first-order valence-electron chi connectivity index (χ1n) is 50.4. The van der Waals surface area contributed by atoms with Gasteiger partial charge in [-0.05, 0) is 216 Å². The Hall–Kier alpha value is -11.0. The van der Waals surface area contributed by atoms with Gasteiger partial charge in [-0.3, -0.25) is 19.3 Å². The van der Waals surface area contributed by atoms with Crippen molar-refractivity contribution in [3.8, 4) is 40.7 Å². The van der Waals surface area contributed by atoms with Crippen molar-refractivity contribution in [3.05, 3.63) is 264 Å². The zero-order valence-electron chi connectivity index (χ0n) is 85.4. The van der Waals surface area contributed by atoms with Gasteiger partial charge >= 0.3 is 0 Å². The molecular formula is C112H137Cl3FN18O8PS. The molecule has 6 aliphatic heterocycles. The van der Waals surface area contributed by atoms with Crippen LogP contribution in [0.15, 0.2) is 169 Å². The van der Waals surface area contributed by atoms with Crippen LogP contribution in [-0.4, -0.2) is 250 Å². The number of halogens is 4. The predicted octanol–water partition coefficient (Wildman–Crippen LogP) is 19.5. The smallest absolute Gasteiger partial charge is 0.195 e. The zero-order chi connectivity index (χ0) is 102. The Balaban J connectivity index is 0.000000139. The number of H-pyrrole nitrogens is 1. The van der Waals surface area contributed by atoms with E-state index < -0.39 is 34.2 Å². The summed E-state index contributed by atoms with van der Waals surface area (Å²) in [5, 5.41) is 13.2. The molecule has 0 bridgehead atoms. The van der Waals surface area contributed by atoms with Crippen molar-refractivity contribution in [2.45, 2.75) is 171 Å². The lowest BCUT2D eigenvalue weighted by atomic mass is 9.70. The second-order valence-corrected chi connectivity index (χ2v) is 47.0. The van der Waals surface area contributed by atoms with Crippen molar-refractivity contribution in [3.63, 3.8) is 0 Å². The third-order valence-electron chi connectivity index (χ3n) is 29.6. The lowest BCUT2D eigenvalue weighted by Crippen LogP contribution is -2.52. The molecule has 144 heavy (non-hydrogen) atoms. The van der Waals surface area contributed by atoms with E-state index in [1.165, 1.54) is 73.5 Å². The summed E-state index contributed by atoms with van der Waals surface area (Å²) in [4.78, 5) is 58.1. The van der Waals surface area contributed by atoms with E-state index in [9.17, 15) is 22.2 Å². The predicted molar refractivity (Wildman–Crippen MR) is 581 cm³/mol. The van der Waals surface area contributed by atoms with Gasteiger partial charge in [0.05, 0.1) is 76.8 Å². The number of carbonyl (C=O) groups is 1. The summed E-state index contributed by atoms with van der Waals surface area (Å²) in [6, 6.07) is 44.8. The number of nitrogen functional groups attached to an aromatic ring is 1. The highest BCUT2D eigenvalue weighted by atomic mass is 35.5. The van der Waals surface area contributed by atoms with Gasteiger partial charge in [0.1, 0.15) is 48.0 Å². The monoisotopic (exact) mass is 2050 g/mol. The third-order valence-corrected chi connectivity index (χ3v) is 34.4. The number of carbonyl (C=O) groups excluding carboxylic acids is 1. The maximum Gasteiger partial charge on any atom is 0.195 e. The zero-order valence-corrected chi connectivity index (χ0v) is 89.4. The van der Waals surface area contributed by atoms with Crippen molar-refractivity contribution in [1.29, 1.82) is 0 Å². The highest BCUT2D eigenvalue weighted by molar-refractivity contribution is 7.92. The van der Waals surface area contributed by atoms with Crippen molar-refractivity contribution in [1.82, 2.24) is 64.6 Å². The van der Waals surface area contributed by atoms with Gasteiger partial charge in [-0.1, -0.05) is 116 Å². The number of nitrogens with two attached hydrogens (primary N) is 1. The summed E-state index contributed by atoms with van der Waals surface area (Å²) < 4.78 is 77.7. The topological polar surface area (TPSA) is 276 Å². The van der Waals surface area contributed by atoms with Crippen LogP contribution in [0.5, 0.6) is 17.2 Å². The molecule has 0 spiro atoms. The van der Waals surface area contributed by atoms with E-state index in [0.29, 0.717) is 87.9 Å². The van der Waals surface area contributed by atoms with Gasteiger partial charge in [-0.15, -0.1) is 6.42 Å². The number of aromatic nitrogens is 8. The van der Waals surface area contributed by atoms with Gasteiger partial charge in [0, 0.05) is 247 Å². The van der Waals surface area contributed by atoms with Gasteiger partial charge in [0.25, 0.3) is 0 Å². The summed E-state index contributed by atoms with van der Waals surface area (Å²) in [5.41, 5.74) is 23.3. The summed E-state index contributed by atoms with van der Waals surface area (Å²) >= 11 is 18.8. The number of aromatic amines is 1. The first-order chi connectivity index (χ1) is 69.2. The number of anilines is 6. The molecule has 7 aromatic carbocycles. The second kappa shape index (κ2) is 46.8. The van der Waals surface area contributed by atoms with Crippen molar-refractivity contribution < 1.29 is 41.1 Å². The molecule has 7 aliphatic rings. The molecule has 11 heterocycles. The quantitative estimate of drug-likeness (QED) is 0.0235. The number of benzene rings is 7. The molecule has 5 N–H and O–H groups in total. The fourth-order valence-corrected chi connectivity index (χ4v) is 24.3. The maximum atomic E-state index is 13.9. The van der Waals surface area contributed by atoms with Crippen LogP contribution in [0, 0.1) is 25.1 Å². The molecule has 26 nitrogen and oxygen atoms in total. The van der Waals surface area contributed by atoms with Crippen LogP contribution >= 0.6 is 41.9 Å². The molecule has 0 unspecified atom stereocenters. The molecule has 0 radical (unpaired) electrons. The number of ether oxygens (including phenoxy) is 4. The number of methoxy groups -OCH3 is 2. The Bertz CT molecular complexity index is 6770. The molecule has 6 fully saturated rings. The second-order valence-electron chi connectivity index (χ2n) is 40.2. The number of sulfone groups is 1. The largest absolute Gasteiger partial charge is 0.496 e. The number of para-hydroxylation sites is 1. The number of pyridine rings is 1. The molecule has 12 aromatic rings. The average molecular weight is 2050 g/mol. The number of aryl methyl sites for hydroxylation is 2. The summed E-state index contributed by atoms with van der Waals surface area (Å²) in [5.74, 6) is 6.42. The van der Waals surface area contributed by atoms with E-state index in [1.54, 1.807) is 91.2 Å². The van der Waals surface area contributed by atoms with E-state index in [1.807, 2.05) is 72.5 Å². The Morgan fingerprint density at radius 1 is 0.667 bits per heavy atom. The fraction of sp³-hybridized carbons (Fsp3) is 0.438. The fourth-order valence-electron chi connectivity index (χ4n) is 20.9. The minimum atomic E-state index is -3.46. The Morgan fingerprint density at radius 2 is 1.28 bits per heavy atom. The number of hydrogen-bond acceptors (Lipinski definition) is 24. The molecule has 5 aromatic heterocycles. The Labute approximate surface area is 863 Å². The number of hydrogen-bond donors (Lipinski definition) is 4. The summed E-state index contributed by atoms with van der Waals surface area (Å²) in [6.45, 7) is 34.0. The molecule has 32 heteroatoms. The van der Waals surface area contributed by atoms with E-state index in [0.717, 1.165) is 219 Å². The van der Waals surface area contributed by atoms with Crippen LogP contribution in [0.2, 0.25) is 15.1 Å². The van der Waals surface area contributed by atoms with Crippen LogP contribution < -0.4 is 50.6 Å². The third kappa shape index (κ3) is 24.4. The number of nitrogens with zero attached hydrogens (tertiary/aromatic N) is 14. The van der Waals surface area contributed by atoms with Gasteiger partial charge in [0.15, 0.2) is 27.2 Å². The van der Waals surface area contributed by atoms with Crippen LogP contribution in [0.4, 0.5) is 38.8 Å². The number of piperidine rings is 4. The average Bonchev–Trinajstić information content (AvgIpc) is 1.52. The van der Waals surface area contributed by atoms with Crippen LogP contribution in [0.1, 0.15) is 189 Å². The number of morpholine rings is 1. The van der Waals surface area contributed by atoms with Gasteiger partial charge in [-0.25, -0.2) is 37.7 Å². The Morgan fingerprint density at radius 3 is 1.92 bits per heavy atom. The lowest BCUT2D eigenvalue weighted by Gasteiger charge is -2.42. The van der Waals surface area contributed by atoms with Gasteiger partial charge in [0.2, 0.25) is 0 Å². The molecule has 0 amide bonds. The van der Waals surface area contributed by atoms with E-state index in [-0.39, 0.29) is 26.9 Å². The number of fused-ring (bicyclic) bond motifs is 4. The minimum absolute atomic E-state index is 0.0686. The van der Waals surface area contributed by atoms with Crippen LogP contribution in [0.25, 0.3) is 22.0 Å². The van der Waals surface area contributed by atoms with Crippen molar-refractivity contribution in [2.75, 3.05) is 179 Å². The van der Waals surface area contributed by atoms with Crippen molar-refractivity contribution in [2.24, 2.45) is 0 Å². The maximum absolute atomic E-state index is 13.9. The number of piperazine rings is 1. The number of terminal acetylenes is 1. The normalized spacial score (nSPS) is 17.2. The highest BCUT2D eigenvalue weighted by Crippen LogP contribution is 2.48. The molecule has 762 valence electrons. The molecular weight excluding hydrogens is 1910 g/mol. The highest BCUT2D eigenvalue weighted by Gasteiger charge is 2.42. The molecule has 6 saturated heterocycles. The van der Waals surface area contributed by atoms with E-state index in [4.69, 9.17) is 75.9 Å². The SMILES string of the molecule is C#Cc1ccc2c3c([nH]c2c1)C(C)(C)c1cc(N2CCC(N4CCOCC4)CC2)c(CC)cc1C3=O.COc1cc(N2CCC(N(C)C)CC2)ccc1Cc1ncc(Cl)c(Cc2ccccc2P(C)(C)=O)n1.COc1cc(N2CCC(N3CCN(C)CC3)CC2)ccc1Cc1ncc(C)c(Nc2ccccc2S(=O)(=O)C(C)C)n1.C[C@@H](Oc1cc(-c2cnn(C3CCNCC3)c2)cnc1N)c1c(Cl)ccc(F)c1Cl. The first-order valence-corrected chi connectivity index (χ1v) is 55.7. The lowest BCUT2D eigenvalue weighted by molar-refractivity contribution is 0.0115. The first kappa shape index (κ1) is 106. The van der Waals surface area contributed by atoms with E-state index >= 15 is 0 Å². The molecule has 0 saturated carbocycles. The Kier molecular flexibility index (Phi) is 34.4. The number of rotatable bonds is 25. The van der Waals surface area contributed by atoms with Crippen LogP contribution in [0.3, 0.4) is 0 Å². The molecule has 19 rings (SSSR count). The molecule has 1 aliphatic carbocycles. The number of likely N-dealkylation sites (N-methyl/N-ethyl adjacent to an activating group) is 1. The number of ketones is 1. The molecule has 1 atom stereocenters. The minimum Gasteiger partial charge on any atom is -0.496 e. The van der Waals surface area contributed by atoms with Crippen molar-refractivity contribution >= 4 is 108 Å². The summed E-state index contributed by atoms with van der Waals surface area (Å²) in [7, 11) is 4.06. The van der Waals surface area contributed by atoms with Gasteiger partial charge in [-0.2, -0.15) is 5.10 Å². The van der Waals surface area contributed by atoms with Gasteiger partial charge < -0.3 is 69.4 Å². The number of nitrogens with one attached hydrogen (secondary N) is 3. The van der Waals surface area contributed by atoms with Crippen LogP contribution in [-0.2, 0) is 50.2 Å². The summed E-state index contributed by atoms with van der Waals surface area (Å²) in [6.07, 6.45) is 25.5. The van der Waals surface area contributed by atoms with E-state index in [2.05, 4.69) is 166 Å². The standard InChI is InChI=1S/C32H44N6O3S.C31H35N3O2.C28H36ClN4O2P.C21H22Cl2FN5O/c1-23(2)42(39,40)30-9-7-6-8-28(30)34-32-24(3)22-33-31(35-32)20-25-10-11-27(21-29(25)41-5)37-14-12-26(13-15-37)38-18-16-36(4)17-19-38;1-5-20-7-8-23-26(17-20)32-30-28(23)29(35)24-18-21(6-2)27(19-25(24)31(30,3)4)34-11-9-22(10-12-34)33-13-15-36-16-14-33;1-32(2)22-12-14-33(15-13-22)23-11-10-20(26(18-23)35-3)17-28-30-19-24(29)25(31-28)16-21-8-6-7-9-27(21)36(4,5)34;1-12(19-16(22)2-3-17(24)20(19)23)30-18-8-13(9-27-21(18)25)14-10-28-29(11-14)15-4-6-26-7-5-15/h6-11,21-23,26H,12-20H2,1-5H3,(H,33,34,35);1,7-8,17-19,22,32H,6,9-16H2,2-4H3;6-11,18-19,22H,12-17H2,1-5H3;2-3,8-12,15,26H,4-7H2,1H3,(H2,25,27)/t;;;12-/m...1/s1.